The van der Waals surface area contributed by atoms with E-state index >= 15 is 0 Å². The zero-order valence-corrected chi connectivity index (χ0v) is 15.6. The van der Waals surface area contributed by atoms with Gasteiger partial charge in [-0.3, -0.25) is 4.79 Å². The van der Waals surface area contributed by atoms with Crippen molar-refractivity contribution in [2.75, 3.05) is 13.1 Å². The number of hydrogen-bond donors (Lipinski definition) is 2. The van der Waals surface area contributed by atoms with E-state index in [1.807, 2.05) is 12.1 Å². The highest BCUT2D eigenvalue weighted by Gasteiger charge is 2.23. The van der Waals surface area contributed by atoms with Gasteiger partial charge in [0.15, 0.2) is 5.76 Å². The van der Waals surface area contributed by atoms with E-state index in [1.165, 1.54) is 6.92 Å². The second-order valence-electron chi connectivity index (χ2n) is 4.79. The SMILES string of the molecule is Cc1noc(C)c1S(=O)(=O)NCCNC(=O)c1ccccc1I. The number of halogens is 1. The Bertz CT molecular complexity index is 798. The van der Waals surface area contributed by atoms with Crippen LogP contribution in [0.15, 0.2) is 33.7 Å². The van der Waals surface area contributed by atoms with Gasteiger partial charge in [-0.05, 0) is 48.6 Å². The molecule has 0 fully saturated rings. The maximum atomic E-state index is 12.2. The van der Waals surface area contributed by atoms with Crippen LogP contribution in [-0.2, 0) is 10.0 Å². The molecular formula is C14H16IN3O4S. The minimum atomic E-state index is -3.71. The third-order valence-electron chi connectivity index (χ3n) is 3.06. The molecule has 23 heavy (non-hydrogen) atoms. The third kappa shape index (κ3) is 4.30. The first-order valence-corrected chi connectivity index (χ1v) is 9.34. The maximum Gasteiger partial charge on any atom is 0.252 e. The van der Waals surface area contributed by atoms with Crippen molar-refractivity contribution in [3.8, 4) is 0 Å². The lowest BCUT2D eigenvalue weighted by Gasteiger charge is -2.08. The summed E-state index contributed by atoms with van der Waals surface area (Å²) >= 11 is 2.07. The van der Waals surface area contributed by atoms with Crippen LogP contribution in [0.3, 0.4) is 0 Å². The molecule has 0 aliphatic heterocycles. The van der Waals surface area contributed by atoms with Crippen LogP contribution in [0, 0.1) is 17.4 Å². The molecule has 0 atom stereocenters. The number of aryl methyl sites for hydroxylation is 2. The van der Waals surface area contributed by atoms with Crippen molar-refractivity contribution >= 4 is 38.5 Å². The smallest absolute Gasteiger partial charge is 0.252 e. The molecule has 2 aromatic rings. The molecule has 1 aromatic heterocycles. The number of aromatic nitrogens is 1. The average Bonchev–Trinajstić information content (AvgIpc) is 2.83. The molecule has 9 heteroatoms. The number of carbonyl (C=O) groups is 1. The maximum absolute atomic E-state index is 12.2. The van der Waals surface area contributed by atoms with Gasteiger partial charge >= 0.3 is 0 Å². The van der Waals surface area contributed by atoms with Gasteiger partial charge in [-0.2, -0.15) is 0 Å². The number of rotatable bonds is 6. The Balaban J connectivity index is 1.91. The van der Waals surface area contributed by atoms with Crippen LogP contribution in [0.25, 0.3) is 0 Å². The molecule has 0 unspecified atom stereocenters. The van der Waals surface area contributed by atoms with Gasteiger partial charge in [0.05, 0.1) is 5.56 Å². The Morgan fingerprint density at radius 2 is 1.96 bits per heavy atom. The van der Waals surface area contributed by atoms with Crippen molar-refractivity contribution in [1.82, 2.24) is 15.2 Å². The summed E-state index contributed by atoms with van der Waals surface area (Å²) in [7, 11) is -3.71. The number of sulfonamides is 1. The molecule has 0 radical (unpaired) electrons. The summed E-state index contributed by atoms with van der Waals surface area (Å²) in [6.45, 7) is 3.34. The largest absolute Gasteiger partial charge is 0.360 e. The van der Waals surface area contributed by atoms with E-state index in [9.17, 15) is 13.2 Å². The first kappa shape index (κ1) is 17.9. The molecule has 1 amide bonds. The molecule has 1 heterocycles. The first-order chi connectivity index (χ1) is 10.8. The van der Waals surface area contributed by atoms with Crippen LogP contribution < -0.4 is 10.0 Å². The van der Waals surface area contributed by atoms with Crippen LogP contribution in [0.4, 0.5) is 0 Å². The molecule has 0 aliphatic carbocycles. The first-order valence-electron chi connectivity index (χ1n) is 6.78. The molecule has 0 saturated heterocycles. The van der Waals surface area contributed by atoms with Crippen molar-refractivity contribution in [3.05, 3.63) is 44.9 Å². The molecule has 1 aromatic carbocycles. The Morgan fingerprint density at radius 1 is 1.26 bits per heavy atom. The van der Waals surface area contributed by atoms with E-state index in [1.54, 1.807) is 19.1 Å². The third-order valence-corrected chi connectivity index (χ3v) is 5.70. The fourth-order valence-electron chi connectivity index (χ4n) is 2.03. The normalized spacial score (nSPS) is 11.4. The summed E-state index contributed by atoms with van der Waals surface area (Å²) in [6.07, 6.45) is 0. The summed E-state index contributed by atoms with van der Waals surface area (Å²) in [5.41, 5.74) is 0.861. The number of nitrogens with one attached hydrogen (secondary N) is 2. The van der Waals surface area contributed by atoms with Crippen LogP contribution in [0.2, 0.25) is 0 Å². The van der Waals surface area contributed by atoms with E-state index in [-0.39, 0.29) is 29.7 Å². The summed E-state index contributed by atoms with van der Waals surface area (Å²) < 4.78 is 32.5. The predicted molar refractivity (Wildman–Crippen MR) is 92.7 cm³/mol. The molecule has 124 valence electrons. The quantitative estimate of drug-likeness (QED) is 0.516. The molecule has 0 bridgehead atoms. The minimum absolute atomic E-state index is 0.0430. The number of carbonyl (C=O) groups excluding carboxylic acids is 1. The number of hydrogen-bond acceptors (Lipinski definition) is 5. The van der Waals surface area contributed by atoms with E-state index in [0.717, 1.165) is 3.57 Å². The van der Waals surface area contributed by atoms with Crippen LogP contribution >= 0.6 is 22.6 Å². The second kappa shape index (κ2) is 7.41. The van der Waals surface area contributed by atoms with Crippen LogP contribution in [0.1, 0.15) is 21.8 Å². The summed E-state index contributed by atoms with van der Waals surface area (Å²) in [6, 6.07) is 7.16. The van der Waals surface area contributed by atoms with Gasteiger partial charge in [0.2, 0.25) is 10.0 Å². The van der Waals surface area contributed by atoms with Crippen molar-refractivity contribution in [2.24, 2.45) is 0 Å². The molecule has 0 aliphatic rings. The molecule has 7 nitrogen and oxygen atoms in total. The lowest BCUT2D eigenvalue weighted by molar-refractivity contribution is 0.0953. The standard InChI is InChI=1S/C14H16IN3O4S/c1-9-13(10(2)22-18-9)23(20,21)17-8-7-16-14(19)11-5-3-4-6-12(11)15/h3-6,17H,7-8H2,1-2H3,(H,16,19). The molecule has 2 rings (SSSR count). The molecule has 0 saturated carbocycles. The zero-order valence-electron chi connectivity index (χ0n) is 12.6. The summed E-state index contributed by atoms with van der Waals surface area (Å²) in [5, 5.41) is 6.30. The van der Waals surface area contributed by atoms with Gasteiger partial charge in [-0.15, -0.1) is 0 Å². The van der Waals surface area contributed by atoms with E-state index < -0.39 is 10.0 Å². The Hall–Kier alpha value is -1.46. The van der Waals surface area contributed by atoms with Gasteiger partial charge in [-0.25, -0.2) is 13.1 Å². The van der Waals surface area contributed by atoms with Gasteiger partial charge in [0.25, 0.3) is 5.91 Å². The fraction of sp³-hybridized carbons (Fsp3) is 0.286. The zero-order chi connectivity index (χ0) is 17.0. The van der Waals surface area contributed by atoms with Gasteiger partial charge in [0, 0.05) is 16.7 Å². The highest BCUT2D eigenvalue weighted by Crippen LogP contribution is 2.18. The Labute approximate surface area is 148 Å². The lowest BCUT2D eigenvalue weighted by Crippen LogP contribution is -2.35. The van der Waals surface area contributed by atoms with Crippen LogP contribution in [0.5, 0.6) is 0 Å². The number of nitrogens with zero attached hydrogens (tertiary/aromatic N) is 1. The van der Waals surface area contributed by atoms with Gasteiger partial charge in [-0.1, -0.05) is 17.3 Å². The number of amides is 1. The van der Waals surface area contributed by atoms with E-state index in [0.29, 0.717) is 11.3 Å². The summed E-state index contributed by atoms with van der Waals surface area (Å²) in [5.74, 6) is -0.00980. The fourth-order valence-corrected chi connectivity index (χ4v) is 4.02. The van der Waals surface area contributed by atoms with Crippen molar-refractivity contribution < 1.29 is 17.7 Å². The minimum Gasteiger partial charge on any atom is -0.360 e. The molecule has 0 spiro atoms. The number of benzene rings is 1. The average molecular weight is 449 g/mol. The van der Waals surface area contributed by atoms with E-state index in [4.69, 9.17) is 4.52 Å². The molecular weight excluding hydrogens is 433 g/mol. The molecule has 2 N–H and O–H groups in total. The van der Waals surface area contributed by atoms with Crippen molar-refractivity contribution in [2.45, 2.75) is 18.7 Å². The van der Waals surface area contributed by atoms with Crippen molar-refractivity contribution in [1.29, 1.82) is 0 Å². The monoisotopic (exact) mass is 449 g/mol. The van der Waals surface area contributed by atoms with Crippen molar-refractivity contribution in [3.63, 3.8) is 0 Å². The van der Waals surface area contributed by atoms with Gasteiger partial charge < -0.3 is 9.84 Å². The Morgan fingerprint density at radius 3 is 2.57 bits per heavy atom. The van der Waals surface area contributed by atoms with E-state index in [2.05, 4.69) is 37.8 Å². The highest BCUT2D eigenvalue weighted by atomic mass is 127. The predicted octanol–water partition coefficient (Wildman–Crippen LogP) is 1.60. The van der Waals surface area contributed by atoms with Crippen LogP contribution in [-0.4, -0.2) is 32.6 Å². The summed E-state index contributed by atoms with van der Waals surface area (Å²) in [4.78, 5) is 12.1. The topological polar surface area (TPSA) is 101 Å². The van der Waals surface area contributed by atoms with Gasteiger partial charge in [0.1, 0.15) is 10.6 Å². The lowest BCUT2D eigenvalue weighted by atomic mass is 10.2. The second-order valence-corrected chi connectivity index (χ2v) is 7.65. The highest BCUT2D eigenvalue weighted by molar-refractivity contribution is 14.1. The Kier molecular flexibility index (Phi) is 5.76.